The maximum atomic E-state index is 9.87. The summed E-state index contributed by atoms with van der Waals surface area (Å²) in [7, 11) is 4.13. The Kier molecular flexibility index (Phi) is 4.22. The van der Waals surface area contributed by atoms with Crippen LogP contribution in [-0.2, 0) is 6.42 Å². The summed E-state index contributed by atoms with van der Waals surface area (Å²) in [5.74, 6) is 0.425. The van der Waals surface area contributed by atoms with Gasteiger partial charge in [-0.25, -0.2) is 0 Å². The number of unbranched alkanes of at least 4 members (excludes halogenated alkanes) is 1. The zero-order valence-electron chi connectivity index (χ0n) is 11.1. The predicted octanol–water partition coefficient (Wildman–Crippen LogP) is 3.42. The second-order valence-electron chi connectivity index (χ2n) is 4.65. The van der Waals surface area contributed by atoms with E-state index in [-0.39, 0.29) is 0 Å². The Morgan fingerprint density at radius 1 is 1.19 bits per heavy atom. The minimum absolute atomic E-state index is 0.425. The van der Waals surface area contributed by atoms with Crippen molar-refractivity contribution in [3.05, 3.63) is 22.8 Å². The Hall–Kier alpha value is -1.18. The zero-order chi connectivity index (χ0) is 12.3. The van der Waals surface area contributed by atoms with Crippen molar-refractivity contribution in [1.82, 2.24) is 0 Å². The fourth-order valence-corrected chi connectivity index (χ4v) is 2.13. The summed E-state index contributed by atoms with van der Waals surface area (Å²) in [6, 6.07) is 1.92. The number of hydrogen-bond acceptors (Lipinski definition) is 2. The van der Waals surface area contributed by atoms with Crippen molar-refractivity contribution in [2.24, 2.45) is 0 Å². The van der Waals surface area contributed by atoms with E-state index in [0.717, 1.165) is 12.0 Å². The van der Waals surface area contributed by atoms with Crippen molar-refractivity contribution in [3.63, 3.8) is 0 Å². The van der Waals surface area contributed by atoms with Gasteiger partial charge in [0, 0.05) is 19.8 Å². The molecule has 0 bridgehead atoms. The molecule has 2 heteroatoms. The van der Waals surface area contributed by atoms with Crippen LogP contribution in [-0.4, -0.2) is 19.2 Å². The van der Waals surface area contributed by atoms with Crippen molar-refractivity contribution >= 4 is 5.69 Å². The molecule has 0 aromatic heterocycles. The number of nitrogens with zero attached hydrogens (tertiary/aromatic N) is 1. The van der Waals surface area contributed by atoms with Gasteiger partial charge in [0.1, 0.15) is 5.75 Å². The standard InChI is InChI=1S/C14H23NO/c1-6-7-8-12-9-13(16)10(2)11(3)14(12)15(4)5/h9,16H,6-8H2,1-5H3. The minimum atomic E-state index is 0.425. The number of hydrogen-bond donors (Lipinski definition) is 1. The molecule has 0 amide bonds. The maximum absolute atomic E-state index is 9.87. The van der Waals surface area contributed by atoms with Crippen LogP contribution < -0.4 is 4.90 Å². The molecule has 2 nitrogen and oxygen atoms in total. The van der Waals surface area contributed by atoms with Gasteiger partial charge in [0.05, 0.1) is 0 Å². The second kappa shape index (κ2) is 5.24. The number of rotatable bonds is 4. The average molecular weight is 221 g/mol. The second-order valence-corrected chi connectivity index (χ2v) is 4.65. The highest BCUT2D eigenvalue weighted by molar-refractivity contribution is 5.64. The minimum Gasteiger partial charge on any atom is -0.508 e. The smallest absolute Gasteiger partial charge is 0.119 e. The van der Waals surface area contributed by atoms with Crippen molar-refractivity contribution in [2.75, 3.05) is 19.0 Å². The normalized spacial score (nSPS) is 10.6. The third-order valence-electron chi connectivity index (χ3n) is 3.16. The lowest BCUT2D eigenvalue weighted by atomic mass is 9.97. The number of aryl methyl sites for hydroxylation is 1. The molecule has 90 valence electrons. The van der Waals surface area contributed by atoms with Gasteiger partial charge in [-0.2, -0.15) is 0 Å². The van der Waals surface area contributed by atoms with Gasteiger partial charge in [-0.05, 0) is 49.4 Å². The number of anilines is 1. The van der Waals surface area contributed by atoms with E-state index in [1.165, 1.54) is 29.7 Å². The molecule has 0 radical (unpaired) electrons. The van der Waals surface area contributed by atoms with Crippen LogP contribution in [0.2, 0.25) is 0 Å². The van der Waals surface area contributed by atoms with E-state index in [1.54, 1.807) is 0 Å². The molecule has 1 aromatic carbocycles. The summed E-state index contributed by atoms with van der Waals surface area (Å²) in [5.41, 5.74) is 4.70. The van der Waals surface area contributed by atoms with E-state index in [2.05, 4.69) is 32.8 Å². The van der Waals surface area contributed by atoms with E-state index < -0.39 is 0 Å². The van der Waals surface area contributed by atoms with E-state index in [1.807, 2.05) is 13.0 Å². The number of benzene rings is 1. The molecular weight excluding hydrogens is 198 g/mol. The number of aromatic hydroxyl groups is 1. The van der Waals surface area contributed by atoms with Gasteiger partial charge >= 0.3 is 0 Å². The van der Waals surface area contributed by atoms with Crippen molar-refractivity contribution in [1.29, 1.82) is 0 Å². The lowest BCUT2D eigenvalue weighted by Crippen LogP contribution is -2.14. The van der Waals surface area contributed by atoms with E-state index in [0.29, 0.717) is 5.75 Å². The third kappa shape index (κ3) is 2.49. The van der Waals surface area contributed by atoms with Gasteiger partial charge in [0.2, 0.25) is 0 Å². The van der Waals surface area contributed by atoms with Gasteiger partial charge in [-0.15, -0.1) is 0 Å². The molecule has 16 heavy (non-hydrogen) atoms. The van der Waals surface area contributed by atoms with Crippen molar-refractivity contribution < 1.29 is 5.11 Å². The van der Waals surface area contributed by atoms with Crippen LogP contribution in [0.5, 0.6) is 5.75 Å². The highest BCUT2D eigenvalue weighted by atomic mass is 16.3. The third-order valence-corrected chi connectivity index (χ3v) is 3.16. The van der Waals surface area contributed by atoms with Crippen LogP contribution in [0.1, 0.15) is 36.5 Å². The average Bonchev–Trinajstić information content (AvgIpc) is 2.22. The Balaban J connectivity index is 3.24. The van der Waals surface area contributed by atoms with Crippen LogP contribution >= 0.6 is 0 Å². The molecule has 0 aliphatic carbocycles. The highest BCUT2D eigenvalue weighted by Gasteiger charge is 2.13. The van der Waals surface area contributed by atoms with Gasteiger partial charge < -0.3 is 10.0 Å². The Labute approximate surface area is 98.9 Å². The van der Waals surface area contributed by atoms with E-state index >= 15 is 0 Å². The molecule has 0 fully saturated rings. The first-order valence-electron chi connectivity index (χ1n) is 5.98. The van der Waals surface area contributed by atoms with E-state index in [9.17, 15) is 5.11 Å². The molecule has 0 atom stereocenters. The SMILES string of the molecule is CCCCc1cc(O)c(C)c(C)c1N(C)C. The summed E-state index contributed by atoms with van der Waals surface area (Å²) in [6.45, 7) is 6.25. The molecule has 0 aliphatic heterocycles. The van der Waals surface area contributed by atoms with Crippen LogP contribution in [0.3, 0.4) is 0 Å². The molecular formula is C14H23NO. The van der Waals surface area contributed by atoms with Crippen LogP contribution in [0.15, 0.2) is 6.07 Å². The van der Waals surface area contributed by atoms with Crippen LogP contribution in [0, 0.1) is 13.8 Å². The van der Waals surface area contributed by atoms with Gasteiger partial charge in [-0.3, -0.25) is 0 Å². The Bertz CT molecular complexity index is 369. The summed E-state index contributed by atoms with van der Waals surface area (Å²) >= 11 is 0. The molecule has 1 aromatic rings. The van der Waals surface area contributed by atoms with Crippen LogP contribution in [0.4, 0.5) is 5.69 Å². The predicted molar refractivity (Wildman–Crippen MR) is 70.5 cm³/mol. The maximum Gasteiger partial charge on any atom is 0.119 e. The lowest BCUT2D eigenvalue weighted by molar-refractivity contribution is 0.469. The molecule has 0 saturated heterocycles. The lowest BCUT2D eigenvalue weighted by Gasteiger charge is -2.22. The molecule has 0 spiro atoms. The quantitative estimate of drug-likeness (QED) is 0.842. The Morgan fingerprint density at radius 2 is 1.81 bits per heavy atom. The summed E-state index contributed by atoms with van der Waals surface area (Å²) in [4.78, 5) is 2.15. The molecule has 1 N–H and O–H groups in total. The highest BCUT2D eigenvalue weighted by Crippen LogP contribution is 2.33. The van der Waals surface area contributed by atoms with Gasteiger partial charge in [0.15, 0.2) is 0 Å². The summed E-state index contributed by atoms with van der Waals surface area (Å²) in [5, 5.41) is 9.87. The molecule has 0 aliphatic rings. The first-order chi connectivity index (χ1) is 7.49. The van der Waals surface area contributed by atoms with E-state index in [4.69, 9.17) is 0 Å². The fraction of sp³-hybridized carbons (Fsp3) is 0.571. The Morgan fingerprint density at radius 3 is 2.31 bits per heavy atom. The van der Waals surface area contributed by atoms with Crippen molar-refractivity contribution in [2.45, 2.75) is 40.0 Å². The first kappa shape index (κ1) is 12.9. The first-order valence-corrected chi connectivity index (χ1v) is 5.98. The monoisotopic (exact) mass is 221 g/mol. The zero-order valence-corrected chi connectivity index (χ0v) is 11.1. The largest absolute Gasteiger partial charge is 0.508 e. The van der Waals surface area contributed by atoms with Crippen LogP contribution in [0.25, 0.3) is 0 Å². The molecule has 1 rings (SSSR count). The molecule has 0 unspecified atom stereocenters. The van der Waals surface area contributed by atoms with Gasteiger partial charge in [-0.1, -0.05) is 13.3 Å². The number of phenolic OH excluding ortho intramolecular Hbond substituents is 1. The molecule has 0 heterocycles. The summed E-state index contributed by atoms with van der Waals surface area (Å²) in [6.07, 6.45) is 3.39. The summed E-state index contributed by atoms with van der Waals surface area (Å²) < 4.78 is 0. The topological polar surface area (TPSA) is 23.5 Å². The number of phenols is 1. The fourth-order valence-electron chi connectivity index (χ4n) is 2.13. The van der Waals surface area contributed by atoms with Gasteiger partial charge in [0.25, 0.3) is 0 Å². The molecule has 0 saturated carbocycles. The van der Waals surface area contributed by atoms with Crippen molar-refractivity contribution in [3.8, 4) is 5.75 Å².